The molecule has 3 heterocycles. The molecule has 1 aliphatic heterocycles. The summed E-state index contributed by atoms with van der Waals surface area (Å²) in [5, 5.41) is 0. The molecule has 0 N–H and O–H groups in total. The number of aromatic nitrogens is 3. The molecule has 0 spiro atoms. The van der Waals surface area contributed by atoms with Crippen LogP contribution in [0.3, 0.4) is 0 Å². The van der Waals surface area contributed by atoms with Gasteiger partial charge >= 0.3 is 0 Å². The lowest BCUT2D eigenvalue weighted by Gasteiger charge is -2.35. The molecule has 3 rings (SSSR count). The van der Waals surface area contributed by atoms with Crippen LogP contribution in [0.4, 0.5) is 11.6 Å². The van der Waals surface area contributed by atoms with Crippen LogP contribution in [0, 0.1) is 0 Å². The fourth-order valence-electron chi connectivity index (χ4n) is 2.75. The standard InChI is InChI=1S/C16H21N5O2/c1-3-19-7-6-18-15(16(19)22)21-10-8-20(9-11-21)14-12-13(23-2)4-5-17-14/h4-7,12H,3,8-11H2,1-2H3. The van der Waals surface area contributed by atoms with Crippen molar-refractivity contribution < 1.29 is 4.74 Å². The molecule has 1 fully saturated rings. The molecule has 0 aromatic carbocycles. The molecule has 0 saturated carbocycles. The number of nitrogens with zero attached hydrogens (tertiary/aromatic N) is 5. The molecule has 0 bridgehead atoms. The third-order valence-electron chi connectivity index (χ3n) is 4.09. The van der Waals surface area contributed by atoms with Gasteiger partial charge in [-0.25, -0.2) is 9.97 Å². The van der Waals surface area contributed by atoms with Gasteiger partial charge in [0.15, 0.2) is 5.82 Å². The fraction of sp³-hybridized carbons (Fsp3) is 0.438. The van der Waals surface area contributed by atoms with Gasteiger partial charge in [-0.2, -0.15) is 0 Å². The number of methoxy groups -OCH3 is 1. The number of piperazine rings is 1. The van der Waals surface area contributed by atoms with Gasteiger partial charge in [-0.15, -0.1) is 0 Å². The molecule has 0 amide bonds. The van der Waals surface area contributed by atoms with E-state index in [2.05, 4.69) is 14.9 Å². The van der Waals surface area contributed by atoms with Crippen LogP contribution in [0.2, 0.25) is 0 Å². The molecule has 23 heavy (non-hydrogen) atoms. The molecule has 0 atom stereocenters. The van der Waals surface area contributed by atoms with Crippen molar-refractivity contribution >= 4 is 11.6 Å². The lowest BCUT2D eigenvalue weighted by molar-refractivity contribution is 0.414. The van der Waals surface area contributed by atoms with Gasteiger partial charge in [0.05, 0.1) is 7.11 Å². The summed E-state index contributed by atoms with van der Waals surface area (Å²) >= 11 is 0. The molecular formula is C16H21N5O2. The minimum atomic E-state index is -0.0250. The minimum absolute atomic E-state index is 0.0250. The smallest absolute Gasteiger partial charge is 0.293 e. The van der Waals surface area contributed by atoms with Crippen molar-refractivity contribution in [2.24, 2.45) is 0 Å². The first-order valence-electron chi connectivity index (χ1n) is 7.78. The van der Waals surface area contributed by atoms with Crippen LogP contribution in [0.15, 0.2) is 35.5 Å². The highest BCUT2D eigenvalue weighted by atomic mass is 16.5. The lowest BCUT2D eigenvalue weighted by atomic mass is 10.3. The summed E-state index contributed by atoms with van der Waals surface area (Å²) in [5.41, 5.74) is -0.0250. The Morgan fingerprint density at radius 2 is 1.87 bits per heavy atom. The first kappa shape index (κ1) is 15.3. The Labute approximate surface area is 135 Å². The van der Waals surface area contributed by atoms with Crippen molar-refractivity contribution in [3.8, 4) is 5.75 Å². The summed E-state index contributed by atoms with van der Waals surface area (Å²) in [6, 6.07) is 3.77. The summed E-state index contributed by atoms with van der Waals surface area (Å²) < 4.78 is 6.93. The van der Waals surface area contributed by atoms with Gasteiger partial charge in [-0.3, -0.25) is 4.79 Å². The third-order valence-corrected chi connectivity index (χ3v) is 4.09. The lowest BCUT2D eigenvalue weighted by Crippen LogP contribution is -2.49. The second-order valence-electron chi connectivity index (χ2n) is 5.37. The number of ether oxygens (including phenoxy) is 1. The van der Waals surface area contributed by atoms with E-state index in [1.165, 1.54) is 0 Å². The maximum Gasteiger partial charge on any atom is 0.293 e. The summed E-state index contributed by atoms with van der Waals surface area (Å²) in [7, 11) is 1.65. The van der Waals surface area contributed by atoms with E-state index in [0.29, 0.717) is 12.4 Å². The van der Waals surface area contributed by atoms with E-state index in [-0.39, 0.29) is 5.56 Å². The van der Waals surface area contributed by atoms with E-state index in [4.69, 9.17) is 4.74 Å². The van der Waals surface area contributed by atoms with E-state index in [9.17, 15) is 4.79 Å². The van der Waals surface area contributed by atoms with E-state index in [1.54, 1.807) is 30.3 Å². The first-order valence-corrected chi connectivity index (χ1v) is 7.78. The average molecular weight is 315 g/mol. The van der Waals surface area contributed by atoms with Gasteiger partial charge in [-0.1, -0.05) is 0 Å². The van der Waals surface area contributed by atoms with Gasteiger partial charge in [0.2, 0.25) is 0 Å². The molecule has 0 unspecified atom stereocenters. The molecule has 2 aromatic rings. The van der Waals surface area contributed by atoms with Crippen molar-refractivity contribution in [3.05, 3.63) is 41.1 Å². The zero-order valence-corrected chi connectivity index (χ0v) is 13.5. The summed E-state index contributed by atoms with van der Waals surface area (Å²) in [6.07, 6.45) is 5.16. The third kappa shape index (κ3) is 3.13. The molecule has 1 aliphatic rings. The quantitative estimate of drug-likeness (QED) is 0.838. The number of anilines is 2. The van der Waals surface area contributed by atoms with Crippen LogP contribution < -0.4 is 20.1 Å². The van der Waals surface area contributed by atoms with Gasteiger partial charge < -0.3 is 19.1 Å². The Kier molecular flexibility index (Phi) is 4.45. The maximum absolute atomic E-state index is 12.4. The zero-order valence-electron chi connectivity index (χ0n) is 13.5. The van der Waals surface area contributed by atoms with E-state index >= 15 is 0 Å². The topological polar surface area (TPSA) is 63.5 Å². The van der Waals surface area contributed by atoms with Gasteiger partial charge in [0.25, 0.3) is 5.56 Å². The Balaban J connectivity index is 1.72. The van der Waals surface area contributed by atoms with Gasteiger partial charge in [-0.05, 0) is 13.0 Å². The van der Waals surface area contributed by atoms with Gasteiger partial charge in [0.1, 0.15) is 11.6 Å². The zero-order chi connectivity index (χ0) is 16.2. The van der Waals surface area contributed by atoms with Crippen molar-refractivity contribution in [2.75, 3.05) is 43.1 Å². The van der Waals surface area contributed by atoms with Crippen molar-refractivity contribution in [1.82, 2.24) is 14.5 Å². The largest absolute Gasteiger partial charge is 0.497 e. The Morgan fingerprint density at radius 3 is 2.57 bits per heavy atom. The van der Waals surface area contributed by atoms with Crippen molar-refractivity contribution in [3.63, 3.8) is 0 Å². The predicted octanol–water partition coefficient (Wildman–Crippen LogP) is 0.993. The van der Waals surface area contributed by atoms with E-state index in [1.807, 2.05) is 24.0 Å². The molecule has 0 radical (unpaired) electrons. The van der Waals surface area contributed by atoms with E-state index in [0.717, 1.165) is 37.7 Å². The van der Waals surface area contributed by atoms with Crippen LogP contribution in [0.5, 0.6) is 5.75 Å². The highest BCUT2D eigenvalue weighted by molar-refractivity contribution is 5.46. The molecule has 1 saturated heterocycles. The van der Waals surface area contributed by atoms with Crippen molar-refractivity contribution in [2.45, 2.75) is 13.5 Å². The summed E-state index contributed by atoms with van der Waals surface area (Å²) in [6.45, 7) is 5.69. The molecule has 0 aliphatic carbocycles. The Morgan fingerprint density at radius 1 is 1.13 bits per heavy atom. The highest BCUT2D eigenvalue weighted by Gasteiger charge is 2.21. The van der Waals surface area contributed by atoms with Crippen LogP contribution in [-0.2, 0) is 6.54 Å². The van der Waals surface area contributed by atoms with Crippen LogP contribution in [-0.4, -0.2) is 47.8 Å². The molecule has 122 valence electrons. The molecule has 7 nitrogen and oxygen atoms in total. The monoisotopic (exact) mass is 315 g/mol. The summed E-state index contributed by atoms with van der Waals surface area (Å²) in [5.74, 6) is 2.23. The first-order chi connectivity index (χ1) is 11.2. The number of pyridine rings is 1. The number of aryl methyl sites for hydroxylation is 1. The fourth-order valence-corrected chi connectivity index (χ4v) is 2.75. The Bertz CT molecular complexity index is 722. The van der Waals surface area contributed by atoms with Crippen LogP contribution in [0.25, 0.3) is 0 Å². The van der Waals surface area contributed by atoms with E-state index < -0.39 is 0 Å². The number of hydrogen-bond donors (Lipinski definition) is 0. The average Bonchev–Trinajstić information content (AvgIpc) is 2.62. The summed E-state index contributed by atoms with van der Waals surface area (Å²) in [4.78, 5) is 25.3. The molecular weight excluding hydrogens is 294 g/mol. The highest BCUT2D eigenvalue weighted by Crippen LogP contribution is 2.20. The van der Waals surface area contributed by atoms with Crippen molar-refractivity contribution in [1.29, 1.82) is 0 Å². The number of rotatable bonds is 4. The second-order valence-corrected chi connectivity index (χ2v) is 5.37. The van der Waals surface area contributed by atoms with Crippen LogP contribution >= 0.6 is 0 Å². The molecule has 7 heteroatoms. The predicted molar refractivity (Wildman–Crippen MR) is 89.4 cm³/mol. The minimum Gasteiger partial charge on any atom is -0.497 e. The second kappa shape index (κ2) is 6.68. The SMILES string of the molecule is CCn1ccnc(N2CCN(c3cc(OC)ccn3)CC2)c1=O. The number of hydrogen-bond acceptors (Lipinski definition) is 6. The van der Waals surface area contributed by atoms with Crippen LogP contribution in [0.1, 0.15) is 6.92 Å². The molecule has 2 aromatic heterocycles. The Hall–Kier alpha value is -2.57. The maximum atomic E-state index is 12.4. The van der Waals surface area contributed by atoms with Gasteiger partial charge in [0, 0.05) is 57.4 Å². The normalized spacial score (nSPS) is 14.9.